The van der Waals surface area contributed by atoms with Crippen LogP contribution in [0.5, 0.6) is 5.75 Å². The van der Waals surface area contributed by atoms with E-state index >= 15 is 0 Å². The Morgan fingerprint density at radius 1 is 0.857 bits per heavy atom. The van der Waals surface area contributed by atoms with E-state index in [-0.39, 0.29) is 6.42 Å². The lowest BCUT2D eigenvalue weighted by atomic mass is 10.0. The summed E-state index contributed by atoms with van der Waals surface area (Å²) in [7, 11) is 1.62. The summed E-state index contributed by atoms with van der Waals surface area (Å²) in [5.74, 6) is 0.794. The van der Waals surface area contributed by atoms with E-state index in [4.69, 9.17) is 4.74 Å². The fourth-order valence-corrected chi connectivity index (χ4v) is 2.14. The first-order valence-electron chi connectivity index (χ1n) is 6.78. The quantitative estimate of drug-likeness (QED) is 0.732. The highest BCUT2D eigenvalue weighted by molar-refractivity contribution is 5.64. The molecule has 0 saturated heterocycles. The molecular weight excluding hydrogens is 277 g/mol. The third kappa shape index (κ3) is 4.81. The Balaban J connectivity index is 1.98. The van der Waals surface area contributed by atoms with Gasteiger partial charge in [0.15, 0.2) is 0 Å². The Morgan fingerprint density at radius 2 is 1.38 bits per heavy atom. The lowest BCUT2D eigenvalue weighted by Gasteiger charge is -2.07. The minimum atomic E-state index is -4.07. The second-order valence-electron chi connectivity index (χ2n) is 4.89. The fourth-order valence-electron chi connectivity index (χ4n) is 2.14. The first kappa shape index (κ1) is 15.4. The van der Waals surface area contributed by atoms with Crippen molar-refractivity contribution >= 4 is 0 Å². The van der Waals surface area contributed by atoms with E-state index < -0.39 is 12.6 Å². The van der Waals surface area contributed by atoms with Gasteiger partial charge in [0.25, 0.3) is 0 Å². The number of hydrogen-bond donors (Lipinski definition) is 0. The molecule has 0 heterocycles. The smallest absolute Gasteiger partial charge is 0.389 e. The fraction of sp³-hybridized carbons (Fsp3) is 0.294. The van der Waals surface area contributed by atoms with Gasteiger partial charge in [-0.25, -0.2) is 0 Å². The first-order valence-corrected chi connectivity index (χ1v) is 6.78. The number of alkyl halides is 3. The molecule has 0 aliphatic carbocycles. The molecule has 0 aliphatic heterocycles. The van der Waals surface area contributed by atoms with Crippen molar-refractivity contribution in [3.8, 4) is 16.9 Å². The summed E-state index contributed by atoms with van der Waals surface area (Å²) in [6, 6.07) is 15.3. The maximum atomic E-state index is 12.1. The lowest BCUT2D eigenvalue weighted by Crippen LogP contribution is -2.07. The van der Waals surface area contributed by atoms with Gasteiger partial charge < -0.3 is 4.74 Å². The number of hydrogen-bond acceptors (Lipinski definition) is 1. The largest absolute Gasteiger partial charge is 0.497 e. The predicted molar refractivity (Wildman–Crippen MR) is 77.4 cm³/mol. The van der Waals surface area contributed by atoms with E-state index in [2.05, 4.69) is 0 Å². The van der Waals surface area contributed by atoms with Crippen LogP contribution in [0.3, 0.4) is 0 Å². The Hall–Kier alpha value is -1.97. The molecule has 0 fully saturated rings. The zero-order valence-corrected chi connectivity index (χ0v) is 11.8. The van der Waals surface area contributed by atoms with Crippen LogP contribution in [-0.4, -0.2) is 13.3 Å². The number of benzene rings is 2. The van der Waals surface area contributed by atoms with E-state index in [0.717, 1.165) is 22.4 Å². The lowest BCUT2D eigenvalue weighted by molar-refractivity contribution is -0.135. The van der Waals surface area contributed by atoms with Crippen molar-refractivity contribution in [1.29, 1.82) is 0 Å². The second-order valence-corrected chi connectivity index (χ2v) is 4.89. The predicted octanol–water partition coefficient (Wildman–Crippen LogP) is 5.25. The Labute approximate surface area is 122 Å². The Morgan fingerprint density at radius 3 is 1.86 bits per heavy atom. The molecule has 4 heteroatoms. The van der Waals surface area contributed by atoms with Gasteiger partial charge >= 0.3 is 6.18 Å². The van der Waals surface area contributed by atoms with Crippen LogP contribution < -0.4 is 4.74 Å². The van der Waals surface area contributed by atoms with Crippen molar-refractivity contribution in [2.45, 2.75) is 25.4 Å². The molecule has 0 unspecified atom stereocenters. The maximum Gasteiger partial charge on any atom is 0.389 e. The van der Waals surface area contributed by atoms with E-state index in [1.54, 1.807) is 7.11 Å². The third-order valence-electron chi connectivity index (χ3n) is 3.30. The van der Waals surface area contributed by atoms with Crippen molar-refractivity contribution in [1.82, 2.24) is 0 Å². The molecule has 112 valence electrons. The Kier molecular flexibility index (Phi) is 4.89. The van der Waals surface area contributed by atoms with Crippen LogP contribution in [0.2, 0.25) is 0 Å². The number of halogens is 3. The number of methoxy groups -OCH3 is 1. The van der Waals surface area contributed by atoms with Crippen LogP contribution in [0.15, 0.2) is 48.5 Å². The topological polar surface area (TPSA) is 9.23 Å². The van der Waals surface area contributed by atoms with Crippen molar-refractivity contribution in [3.05, 3.63) is 54.1 Å². The summed E-state index contributed by atoms with van der Waals surface area (Å²) in [5, 5.41) is 0. The molecule has 0 saturated carbocycles. The molecule has 0 radical (unpaired) electrons. The highest BCUT2D eigenvalue weighted by Crippen LogP contribution is 2.25. The summed E-state index contributed by atoms with van der Waals surface area (Å²) in [5.41, 5.74) is 3.02. The first-order chi connectivity index (χ1) is 9.98. The number of aryl methyl sites for hydroxylation is 1. The van der Waals surface area contributed by atoms with Crippen LogP contribution in [-0.2, 0) is 6.42 Å². The molecule has 2 aromatic carbocycles. The summed E-state index contributed by atoms with van der Waals surface area (Å²) < 4.78 is 41.4. The molecule has 1 nitrogen and oxygen atoms in total. The molecule has 21 heavy (non-hydrogen) atoms. The summed E-state index contributed by atoms with van der Waals surface area (Å²) in [6.07, 6.45) is -4.22. The average Bonchev–Trinajstić information content (AvgIpc) is 2.47. The SMILES string of the molecule is COc1ccc(-c2ccc(CCCC(F)(F)F)cc2)cc1. The van der Waals surface area contributed by atoms with Crippen LogP contribution in [0.25, 0.3) is 11.1 Å². The zero-order valence-electron chi connectivity index (χ0n) is 11.8. The van der Waals surface area contributed by atoms with Crippen molar-refractivity contribution in [2.24, 2.45) is 0 Å². The zero-order chi connectivity index (χ0) is 15.3. The van der Waals surface area contributed by atoms with Crippen molar-refractivity contribution < 1.29 is 17.9 Å². The standard InChI is InChI=1S/C17H17F3O/c1-21-16-10-8-15(9-11-16)14-6-4-13(5-7-14)3-2-12-17(18,19)20/h4-11H,2-3,12H2,1H3. The van der Waals surface area contributed by atoms with Gasteiger partial charge in [0.1, 0.15) is 5.75 Å². The van der Waals surface area contributed by atoms with E-state index in [1.165, 1.54) is 0 Å². The van der Waals surface area contributed by atoms with E-state index in [1.807, 2.05) is 48.5 Å². The molecule has 0 amide bonds. The minimum Gasteiger partial charge on any atom is -0.497 e. The summed E-state index contributed by atoms with van der Waals surface area (Å²) in [4.78, 5) is 0. The third-order valence-corrected chi connectivity index (χ3v) is 3.30. The van der Waals surface area contributed by atoms with Gasteiger partial charge in [-0.1, -0.05) is 36.4 Å². The number of ether oxygens (including phenoxy) is 1. The van der Waals surface area contributed by atoms with Crippen LogP contribution in [0.1, 0.15) is 18.4 Å². The van der Waals surface area contributed by atoms with Gasteiger partial charge in [0, 0.05) is 6.42 Å². The molecule has 0 aromatic heterocycles. The van der Waals surface area contributed by atoms with Gasteiger partial charge in [-0.2, -0.15) is 13.2 Å². The Bertz CT molecular complexity index is 556. The number of rotatable bonds is 5. The van der Waals surface area contributed by atoms with Crippen molar-refractivity contribution in [3.63, 3.8) is 0 Å². The van der Waals surface area contributed by atoms with Crippen molar-refractivity contribution in [2.75, 3.05) is 7.11 Å². The second kappa shape index (κ2) is 6.66. The molecule has 0 aliphatic rings. The molecule has 0 bridgehead atoms. The summed E-state index contributed by atoms with van der Waals surface area (Å²) in [6.45, 7) is 0. The van der Waals surface area contributed by atoms with E-state index in [0.29, 0.717) is 6.42 Å². The minimum absolute atomic E-state index is 0.130. The van der Waals surface area contributed by atoms with E-state index in [9.17, 15) is 13.2 Å². The van der Waals surface area contributed by atoms with Gasteiger partial charge in [-0.05, 0) is 41.7 Å². The van der Waals surface area contributed by atoms with Crippen LogP contribution in [0, 0.1) is 0 Å². The van der Waals surface area contributed by atoms with Crippen LogP contribution in [0.4, 0.5) is 13.2 Å². The van der Waals surface area contributed by atoms with Crippen LogP contribution >= 0.6 is 0 Å². The van der Waals surface area contributed by atoms with Gasteiger partial charge in [-0.3, -0.25) is 0 Å². The molecule has 0 N–H and O–H groups in total. The molecule has 2 rings (SSSR count). The maximum absolute atomic E-state index is 12.1. The van der Waals surface area contributed by atoms with Gasteiger partial charge in [0.2, 0.25) is 0 Å². The molecular formula is C17H17F3O. The molecule has 0 atom stereocenters. The molecule has 2 aromatic rings. The molecule has 0 spiro atoms. The highest BCUT2D eigenvalue weighted by Gasteiger charge is 2.25. The van der Waals surface area contributed by atoms with Gasteiger partial charge in [0.05, 0.1) is 7.11 Å². The van der Waals surface area contributed by atoms with Gasteiger partial charge in [-0.15, -0.1) is 0 Å². The normalized spacial score (nSPS) is 11.4. The highest BCUT2D eigenvalue weighted by atomic mass is 19.4. The average molecular weight is 294 g/mol. The summed E-state index contributed by atoms with van der Waals surface area (Å²) >= 11 is 0. The monoisotopic (exact) mass is 294 g/mol.